The van der Waals surface area contributed by atoms with Crippen LogP contribution in [0.15, 0.2) is 35.6 Å². The summed E-state index contributed by atoms with van der Waals surface area (Å²) in [5.74, 6) is -0.101. The molecule has 0 saturated heterocycles. The molecule has 0 bridgehead atoms. The fourth-order valence-corrected chi connectivity index (χ4v) is 3.23. The summed E-state index contributed by atoms with van der Waals surface area (Å²) in [5.41, 5.74) is 1.40. The fraction of sp³-hybridized carbons (Fsp3) is 0.188. The van der Waals surface area contributed by atoms with Crippen LogP contribution in [0.2, 0.25) is 5.02 Å². The molecule has 2 heterocycles. The monoisotopic (exact) mass is 407 g/mol. The van der Waals surface area contributed by atoms with Gasteiger partial charge < -0.3 is 15.0 Å². The Morgan fingerprint density at radius 3 is 2.93 bits per heavy atom. The number of hydrogen-bond donors (Lipinski definition) is 2. The summed E-state index contributed by atoms with van der Waals surface area (Å²) in [6.45, 7) is 1.71. The predicted molar refractivity (Wildman–Crippen MR) is 102 cm³/mol. The van der Waals surface area contributed by atoms with E-state index in [9.17, 15) is 14.9 Å². The minimum absolute atomic E-state index is 0.124. The SMILES string of the molecule is COc1cc([N+](=O)[O-])ccc1NC(=O)[C@@H](C)Sc1nc2ncc(Cl)cc2[nH]1. The number of methoxy groups -OCH3 is 1. The van der Waals surface area contributed by atoms with Crippen LogP contribution in [-0.2, 0) is 4.79 Å². The van der Waals surface area contributed by atoms with Crippen LogP contribution in [0.1, 0.15) is 6.92 Å². The highest BCUT2D eigenvalue weighted by Gasteiger charge is 2.20. The lowest BCUT2D eigenvalue weighted by Gasteiger charge is -2.13. The number of ether oxygens (including phenoxy) is 1. The first-order valence-electron chi connectivity index (χ1n) is 7.68. The Labute approximate surface area is 162 Å². The number of pyridine rings is 1. The molecule has 0 radical (unpaired) electrons. The quantitative estimate of drug-likeness (QED) is 0.363. The van der Waals surface area contributed by atoms with E-state index in [-0.39, 0.29) is 17.3 Å². The fourth-order valence-electron chi connectivity index (χ4n) is 2.26. The molecule has 9 nitrogen and oxygen atoms in total. The molecule has 27 heavy (non-hydrogen) atoms. The summed E-state index contributed by atoms with van der Waals surface area (Å²) in [6, 6.07) is 5.68. The average Bonchev–Trinajstić information content (AvgIpc) is 3.02. The second kappa shape index (κ2) is 7.80. The van der Waals surface area contributed by atoms with Crippen molar-refractivity contribution in [1.82, 2.24) is 15.0 Å². The maximum absolute atomic E-state index is 12.5. The van der Waals surface area contributed by atoms with E-state index in [1.54, 1.807) is 13.0 Å². The molecule has 3 rings (SSSR count). The zero-order valence-electron chi connectivity index (χ0n) is 14.2. The van der Waals surface area contributed by atoms with E-state index in [0.717, 1.165) is 0 Å². The summed E-state index contributed by atoms with van der Waals surface area (Å²) in [7, 11) is 1.37. The molecule has 0 aliphatic heterocycles. The number of imidazole rings is 1. The first-order valence-corrected chi connectivity index (χ1v) is 8.94. The standard InChI is InChI=1S/C16H14ClN5O4S/c1-8(27-16-20-12-5-9(17)7-18-14(12)21-16)15(23)19-11-4-3-10(22(24)25)6-13(11)26-2/h3-8H,1-2H3,(H,19,23)(H,18,20,21)/t8-/m1/s1. The smallest absolute Gasteiger partial charge is 0.273 e. The Morgan fingerprint density at radius 2 is 2.22 bits per heavy atom. The number of nitro groups is 1. The molecular weight excluding hydrogens is 394 g/mol. The Kier molecular flexibility index (Phi) is 5.47. The number of benzene rings is 1. The predicted octanol–water partition coefficient (Wildman–Crippen LogP) is 3.65. The number of carbonyl (C=O) groups is 1. The molecule has 140 valence electrons. The summed E-state index contributed by atoms with van der Waals surface area (Å²) in [4.78, 5) is 34.3. The summed E-state index contributed by atoms with van der Waals surface area (Å²) >= 11 is 7.11. The van der Waals surface area contributed by atoms with Crippen LogP contribution in [0.4, 0.5) is 11.4 Å². The minimum Gasteiger partial charge on any atom is -0.494 e. The molecule has 0 saturated carbocycles. The minimum atomic E-state index is -0.533. The molecule has 0 unspecified atom stereocenters. The number of nitrogens with zero attached hydrogens (tertiary/aromatic N) is 3. The van der Waals surface area contributed by atoms with Crippen LogP contribution in [0.5, 0.6) is 5.75 Å². The van der Waals surface area contributed by atoms with Crippen LogP contribution in [-0.4, -0.2) is 38.1 Å². The van der Waals surface area contributed by atoms with E-state index >= 15 is 0 Å². The van der Waals surface area contributed by atoms with Crippen LogP contribution >= 0.6 is 23.4 Å². The van der Waals surface area contributed by atoms with Gasteiger partial charge in [0.05, 0.1) is 39.6 Å². The van der Waals surface area contributed by atoms with Gasteiger partial charge in [-0.2, -0.15) is 0 Å². The number of carbonyl (C=O) groups excluding carboxylic acids is 1. The van der Waals surface area contributed by atoms with E-state index in [0.29, 0.717) is 27.0 Å². The summed E-state index contributed by atoms with van der Waals surface area (Å²) in [6.07, 6.45) is 1.50. The Morgan fingerprint density at radius 1 is 1.44 bits per heavy atom. The summed E-state index contributed by atoms with van der Waals surface area (Å²) < 4.78 is 5.12. The van der Waals surface area contributed by atoms with Gasteiger partial charge in [0.1, 0.15) is 5.75 Å². The van der Waals surface area contributed by atoms with Crippen LogP contribution in [0.3, 0.4) is 0 Å². The van der Waals surface area contributed by atoms with Gasteiger partial charge >= 0.3 is 0 Å². The zero-order chi connectivity index (χ0) is 19.6. The maximum atomic E-state index is 12.5. The number of aromatic nitrogens is 3. The van der Waals surface area contributed by atoms with E-state index in [1.165, 1.54) is 43.3 Å². The Bertz CT molecular complexity index is 1030. The van der Waals surface area contributed by atoms with Crippen LogP contribution < -0.4 is 10.1 Å². The van der Waals surface area contributed by atoms with Gasteiger partial charge in [0.25, 0.3) is 5.69 Å². The molecule has 1 atom stereocenters. The average molecular weight is 408 g/mol. The number of non-ortho nitro benzene ring substituents is 1. The largest absolute Gasteiger partial charge is 0.494 e. The number of amides is 1. The second-order valence-electron chi connectivity index (χ2n) is 5.46. The van der Waals surface area contributed by atoms with Gasteiger partial charge in [-0.25, -0.2) is 9.97 Å². The lowest BCUT2D eigenvalue weighted by molar-refractivity contribution is -0.384. The normalized spacial score (nSPS) is 12.0. The van der Waals surface area contributed by atoms with Crippen molar-refractivity contribution >= 4 is 51.8 Å². The van der Waals surface area contributed by atoms with Crippen molar-refractivity contribution in [1.29, 1.82) is 0 Å². The number of aromatic amines is 1. The molecule has 1 aromatic carbocycles. The van der Waals surface area contributed by atoms with Gasteiger partial charge in [-0.3, -0.25) is 14.9 Å². The maximum Gasteiger partial charge on any atom is 0.273 e. The van der Waals surface area contributed by atoms with Gasteiger partial charge in [0.2, 0.25) is 5.91 Å². The van der Waals surface area contributed by atoms with Gasteiger partial charge in [-0.05, 0) is 19.1 Å². The lowest BCUT2D eigenvalue weighted by Crippen LogP contribution is -2.22. The number of H-pyrrole nitrogens is 1. The molecule has 3 aromatic rings. The van der Waals surface area contributed by atoms with Gasteiger partial charge in [-0.1, -0.05) is 23.4 Å². The highest BCUT2D eigenvalue weighted by Crippen LogP contribution is 2.30. The highest BCUT2D eigenvalue weighted by molar-refractivity contribution is 8.00. The number of halogens is 1. The number of nitro benzene ring substituents is 1. The first-order chi connectivity index (χ1) is 12.9. The van der Waals surface area contributed by atoms with E-state index in [4.69, 9.17) is 16.3 Å². The van der Waals surface area contributed by atoms with Crippen molar-refractivity contribution in [3.8, 4) is 5.75 Å². The van der Waals surface area contributed by atoms with Crippen molar-refractivity contribution in [3.05, 3.63) is 45.6 Å². The number of rotatable bonds is 6. The molecule has 2 N–H and O–H groups in total. The van der Waals surface area contributed by atoms with Gasteiger partial charge in [0.15, 0.2) is 10.8 Å². The second-order valence-corrected chi connectivity index (χ2v) is 7.22. The summed E-state index contributed by atoms with van der Waals surface area (Å²) in [5, 5.41) is 14.1. The van der Waals surface area contributed by atoms with Gasteiger partial charge in [-0.15, -0.1) is 0 Å². The third-order valence-electron chi connectivity index (χ3n) is 3.59. The highest BCUT2D eigenvalue weighted by atomic mass is 35.5. The van der Waals surface area contributed by atoms with Crippen molar-refractivity contribution < 1.29 is 14.5 Å². The molecule has 0 fully saturated rings. The third kappa shape index (κ3) is 4.29. The van der Waals surface area contributed by atoms with Gasteiger partial charge in [0, 0.05) is 12.3 Å². The molecule has 11 heteroatoms. The lowest BCUT2D eigenvalue weighted by atomic mass is 10.2. The Hall–Kier alpha value is -2.85. The molecular formula is C16H14ClN5O4S. The number of anilines is 1. The number of hydrogen-bond acceptors (Lipinski definition) is 7. The number of nitrogens with one attached hydrogen (secondary N) is 2. The van der Waals surface area contributed by atoms with Crippen molar-refractivity contribution in [3.63, 3.8) is 0 Å². The van der Waals surface area contributed by atoms with Crippen molar-refractivity contribution in [2.75, 3.05) is 12.4 Å². The first kappa shape index (κ1) is 18.9. The van der Waals surface area contributed by atoms with Crippen LogP contribution in [0, 0.1) is 10.1 Å². The molecule has 1 amide bonds. The molecule has 0 aliphatic rings. The van der Waals surface area contributed by atoms with E-state index < -0.39 is 10.2 Å². The van der Waals surface area contributed by atoms with Crippen LogP contribution in [0.25, 0.3) is 11.2 Å². The number of thioether (sulfide) groups is 1. The van der Waals surface area contributed by atoms with Crippen molar-refractivity contribution in [2.45, 2.75) is 17.3 Å². The van der Waals surface area contributed by atoms with E-state index in [2.05, 4.69) is 20.3 Å². The zero-order valence-corrected chi connectivity index (χ0v) is 15.8. The molecule has 2 aromatic heterocycles. The topological polar surface area (TPSA) is 123 Å². The number of fused-ring (bicyclic) bond motifs is 1. The van der Waals surface area contributed by atoms with E-state index in [1.807, 2.05) is 0 Å². The molecule has 0 spiro atoms. The third-order valence-corrected chi connectivity index (χ3v) is 4.78. The molecule has 0 aliphatic carbocycles. The Balaban J connectivity index is 1.72. The van der Waals surface area contributed by atoms with Crippen molar-refractivity contribution in [2.24, 2.45) is 0 Å².